The van der Waals surface area contributed by atoms with Crippen molar-refractivity contribution in [1.29, 1.82) is 0 Å². The van der Waals surface area contributed by atoms with Crippen molar-refractivity contribution in [3.05, 3.63) is 33.4 Å². The molecule has 1 heterocycles. The van der Waals surface area contributed by atoms with Crippen LogP contribution in [0.25, 0.3) is 0 Å². The van der Waals surface area contributed by atoms with Crippen LogP contribution < -0.4 is 0 Å². The van der Waals surface area contributed by atoms with Gasteiger partial charge in [0.1, 0.15) is 0 Å². The molecule has 2 atom stereocenters. The Hall–Kier alpha value is -0.500. The lowest BCUT2D eigenvalue weighted by Crippen LogP contribution is -2.25. The van der Waals surface area contributed by atoms with Crippen LogP contribution in [-0.4, -0.2) is 23.8 Å². The molecule has 1 aromatic carbocycles. The molecular formula is C16H21IO4. The van der Waals surface area contributed by atoms with Gasteiger partial charge in [0.15, 0.2) is 12.1 Å². The van der Waals surface area contributed by atoms with E-state index in [1.165, 1.54) is 0 Å². The Morgan fingerprint density at radius 2 is 1.95 bits per heavy atom. The Kier molecular flexibility index (Phi) is 5.76. The lowest BCUT2D eigenvalue weighted by Gasteiger charge is -2.20. The van der Waals surface area contributed by atoms with Crippen molar-refractivity contribution in [3.8, 4) is 0 Å². The lowest BCUT2D eigenvalue weighted by molar-refractivity contribution is -0.411. The molecule has 1 aromatic rings. The first-order valence-electron chi connectivity index (χ1n) is 7.12. The summed E-state index contributed by atoms with van der Waals surface area (Å²) in [6, 6.07) is 7.59. The Labute approximate surface area is 139 Å². The first-order chi connectivity index (χ1) is 9.83. The van der Waals surface area contributed by atoms with Crippen LogP contribution in [0.1, 0.15) is 50.4 Å². The van der Waals surface area contributed by atoms with Gasteiger partial charge in [0, 0.05) is 22.0 Å². The second-order valence-electron chi connectivity index (χ2n) is 6.19. The lowest BCUT2D eigenvalue weighted by atomic mass is 10.0. The zero-order valence-electron chi connectivity index (χ0n) is 12.6. The molecule has 0 radical (unpaired) electrons. The molecular weight excluding hydrogens is 383 g/mol. The molecule has 1 aliphatic heterocycles. The summed E-state index contributed by atoms with van der Waals surface area (Å²) in [5.41, 5.74) is 0.368. The number of rotatable bonds is 5. The highest BCUT2D eigenvalue weighted by Crippen LogP contribution is 2.25. The molecule has 1 saturated heterocycles. The van der Waals surface area contributed by atoms with E-state index in [4.69, 9.17) is 14.5 Å². The van der Waals surface area contributed by atoms with Gasteiger partial charge in [-0.25, -0.2) is 9.78 Å². The highest BCUT2D eigenvalue weighted by Gasteiger charge is 2.29. The minimum Gasteiger partial charge on any atom is -0.346 e. The SMILES string of the molecule is CC(C)(C)OO[C@H]1CC[C@@H](CC(=O)c2ccc(I)cc2)O1. The van der Waals surface area contributed by atoms with E-state index in [9.17, 15) is 4.79 Å². The van der Waals surface area contributed by atoms with E-state index in [-0.39, 0.29) is 23.8 Å². The molecule has 4 nitrogen and oxygen atoms in total. The Balaban J connectivity index is 1.79. The minimum atomic E-state index is -0.376. The number of hydrogen-bond donors (Lipinski definition) is 0. The molecule has 21 heavy (non-hydrogen) atoms. The summed E-state index contributed by atoms with van der Waals surface area (Å²) in [4.78, 5) is 22.7. The maximum atomic E-state index is 12.2. The van der Waals surface area contributed by atoms with Gasteiger partial charge in [0.25, 0.3) is 0 Å². The number of carbonyl (C=O) groups is 1. The molecule has 0 saturated carbocycles. The Morgan fingerprint density at radius 3 is 2.57 bits per heavy atom. The molecule has 0 amide bonds. The van der Waals surface area contributed by atoms with E-state index in [1.54, 1.807) is 0 Å². The topological polar surface area (TPSA) is 44.8 Å². The Bertz CT molecular complexity index is 478. The zero-order chi connectivity index (χ0) is 15.5. The number of Topliss-reactive ketones (excluding diaryl/α,β-unsaturated/α-hetero) is 1. The van der Waals surface area contributed by atoms with Crippen molar-refractivity contribution in [2.24, 2.45) is 0 Å². The summed E-state index contributed by atoms with van der Waals surface area (Å²) >= 11 is 2.22. The molecule has 0 unspecified atom stereocenters. The van der Waals surface area contributed by atoms with E-state index in [0.717, 1.165) is 22.0 Å². The van der Waals surface area contributed by atoms with Gasteiger partial charge in [0.2, 0.25) is 0 Å². The summed E-state index contributed by atoms with van der Waals surface area (Å²) in [6.45, 7) is 5.75. The number of ether oxygens (including phenoxy) is 1. The fourth-order valence-corrected chi connectivity index (χ4v) is 2.41. The van der Waals surface area contributed by atoms with Crippen molar-refractivity contribution in [2.75, 3.05) is 0 Å². The van der Waals surface area contributed by atoms with E-state index >= 15 is 0 Å². The highest BCUT2D eigenvalue weighted by atomic mass is 127. The summed E-state index contributed by atoms with van der Waals surface area (Å²) in [6.07, 6.45) is 1.48. The summed E-state index contributed by atoms with van der Waals surface area (Å²) in [7, 11) is 0. The second kappa shape index (κ2) is 7.17. The highest BCUT2D eigenvalue weighted by molar-refractivity contribution is 14.1. The van der Waals surface area contributed by atoms with Crippen molar-refractivity contribution in [2.45, 2.75) is 58.0 Å². The molecule has 0 bridgehead atoms. The fourth-order valence-electron chi connectivity index (χ4n) is 2.05. The maximum Gasteiger partial charge on any atom is 0.191 e. The van der Waals surface area contributed by atoms with Crippen LogP contribution in [0.3, 0.4) is 0 Å². The van der Waals surface area contributed by atoms with Crippen LogP contribution >= 0.6 is 22.6 Å². The smallest absolute Gasteiger partial charge is 0.191 e. The molecule has 0 spiro atoms. The molecule has 1 aliphatic rings. The largest absolute Gasteiger partial charge is 0.346 e. The molecule has 0 aliphatic carbocycles. The first-order valence-corrected chi connectivity index (χ1v) is 8.20. The van der Waals surface area contributed by atoms with Crippen LogP contribution in [-0.2, 0) is 14.5 Å². The van der Waals surface area contributed by atoms with E-state index in [2.05, 4.69) is 22.6 Å². The van der Waals surface area contributed by atoms with E-state index in [1.807, 2.05) is 45.0 Å². The Morgan fingerprint density at radius 1 is 1.29 bits per heavy atom. The molecule has 5 heteroatoms. The van der Waals surface area contributed by atoms with Crippen LogP contribution in [0, 0.1) is 3.57 Å². The predicted molar refractivity (Wildman–Crippen MR) is 87.9 cm³/mol. The number of benzene rings is 1. The molecule has 0 N–H and O–H groups in total. The third-order valence-corrected chi connectivity index (χ3v) is 3.77. The zero-order valence-corrected chi connectivity index (χ0v) is 14.8. The minimum absolute atomic E-state index is 0.0923. The monoisotopic (exact) mass is 404 g/mol. The molecule has 2 rings (SSSR count). The number of hydrogen-bond acceptors (Lipinski definition) is 4. The van der Waals surface area contributed by atoms with Crippen LogP contribution in [0.2, 0.25) is 0 Å². The van der Waals surface area contributed by atoms with Gasteiger partial charge in [-0.15, -0.1) is 0 Å². The van der Waals surface area contributed by atoms with E-state index < -0.39 is 0 Å². The summed E-state index contributed by atoms with van der Waals surface area (Å²) in [5, 5.41) is 0. The third-order valence-electron chi connectivity index (χ3n) is 3.05. The summed E-state index contributed by atoms with van der Waals surface area (Å²) in [5.74, 6) is 0.105. The van der Waals surface area contributed by atoms with Crippen LogP contribution in [0.15, 0.2) is 24.3 Å². The summed E-state index contributed by atoms with van der Waals surface area (Å²) < 4.78 is 6.82. The predicted octanol–water partition coefficient (Wildman–Crippen LogP) is 4.12. The first kappa shape index (κ1) is 16.9. The number of halogens is 1. The number of ketones is 1. The van der Waals surface area contributed by atoms with Crippen LogP contribution in [0.4, 0.5) is 0 Å². The van der Waals surface area contributed by atoms with Crippen molar-refractivity contribution in [1.82, 2.24) is 0 Å². The van der Waals surface area contributed by atoms with Gasteiger partial charge in [-0.1, -0.05) is 12.1 Å². The van der Waals surface area contributed by atoms with Crippen molar-refractivity contribution in [3.63, 3.8) is 0 Å². The normalized spacial score (nSPS) is 22.5. The molecule has 116 valence electrons. The quantitative estimate of drug-likeness (QED) is 0.321. The van der Waals surface area contributed by atoms with Gasteiger partial charge in [-0.05, 0) is 61.9 Å². The standard InChI is InChI=1S/C16H21IO4/c1-16(2,3)21-20-15-9-8-13(19-15)10-14(18)11-4-6-12(17)7-5-11/h4-7,13,15H,8-10H2,1-3H3/t13-,15-/m0/s1. The van der Waals surface area contributed by atoms with Gasteiger partial charge >= 0.3 is 0 Å². The third kappa shape index (κ3) is 5.65. The fraction of sp³-hybridized carbons (Fsp3) is 0.562. The van der Waals surface area contributed by atoms with E-state index in [0.29, 0.717) is 6.42 Å². The molecule has 1 fully saturated rings. The maximum absolute atomic E-state index is 12.2. The second-order valence-corrected chi connectivity index (χ2v) is 7.44. The van der Waals surface area contributed by atoms with Gasteiger partial charge in [-0.3, -0.25) is 4.79 Å². The average Bonchev–Trinajstić information content (AvgIpc) is 2.84. The van der Waals surface area contributed by atoms with Crippen molar-refractivity contribution < 1.29 is 19.3 Å². The number of carbonyl (C=O) groups excluding carboxylic acids is 1. The van der Waals surface area contributed by atoms with Gasteiger partial charge in [0.05, 0.1) is 11.7 Å². The average molecular weight is 404 g/mol. The molecule has 0 aromatic heterocycles. The van der Waals surface area contributed by atoms with Crippen LogP contribution in [0.5, 0.6) is 0 Å². The van der Waals surface area contributed by atoms with Gasteiger partial charge < -0.3 is 4.74 Å². The van der Waals surface area contributed by atoms with Gasteiger partial charge in [-0.2, -0.15) is 0 Å². The van der Waals surface area contributed by atoms with Crippen molar-refractivity contribution >= 4 is 28.4 Å².